The lowest BCUT2D eigenvalue weighted by Crippen LogP contribution is -2.38. The van der Waals surface area contributed by atoms with E-state index in [9.17, 15) is 9.59 Å². The second-order valence-corrected chi connectivity index (χ2v) is 7.09. The van der Waals surface area contributed by atoms with Gasteiger partial charge in [0.05, 0.1) is 12.1 Å². The molecule has 2 amide bonds. The summed E-state index contributed by atoms with van der Waals surface area (Å²) in [7, 11) is 0. The van der Waals surface area contributed by atoms with Gasteiger partial charge in [0.25, 0.3) is 0 Å². The van der Waals surface area contributed by atoms with E-state index in [1.54, 1.807) is 4.90 Å². The average molecular weight is 377 g/mol. The molecule has 1 atom stereocenters. The molecule has 28 heavy (non-hydrogen) atoms. The van der Waals surface area contributed by atoms with Gasteiger partial charge >= 0.3 is 0 Å². The lowest BCUT2D eigenvalue weighted by atomic mass is 9.99. The third-order valence-corrected chi connectivity index (χ3v) is 5.11. The SMILES string of the molecule is O=C(CN1CC(c2ccccc2)CC1=O)NCCCn1nnc2ccccc21. The van der Waals surface area contributed by atoms with Crippen LogP contribution in [0, 0.1) is 0 Å². The number of hydrogen-bond acceptors (Lipinski definition) is 4. The molecular weight excluding hydrogens is 354 g/mol. The van der Waals surface area contributed by atoms with Gasteiger partial charge in [0, 0.05) is 32.0 Å². The molecule has 2 aromatic carbocycles. The summed E-state index contributed by atoms with van der Waals surface area (Å²) in [6.07, 6.45) is 1.22. The Labute approximate surface area is 163 Å². The first kappa shape index (κ1) is 18.2. The molecular formula is C21H23N5O2. The van der Waals surface area contributed by atoms with Crippen LogP contribution in [0.2, 0.25) is 0 Å². The lowest BCUT2D eigenvalue weighted by molar-refractivity contribution is -0.133. The molecule has 144 valence electrons. The summed E-state index contributed by atoms with van der Waals surface area (Å²) in [5, 5.41) is 11.2. The molecule has 1 aromatic heterocycles. The summed E-state index contributed by atoms with van der Waals surface area (Å²) in [6.45, 7) is 1.94. The van der Waals surface area contributed by atoms with Crippen LogP contribution in [-0.4, -0.2) is 51.3 Å². The van der Waals surface area contributed by atoms with Gasteiger partial charge in [-0.3, -0.25) is 9.59 Å². The Hall–Kier alpha value is -3.22. The van der Waals surface area contributed by atoms with Gasteiger partial charge in [-0.1, -0.05) is 47.7 Å². The van der Waals surface area contributed by atoms with Crippen LogP contribution >= 0.6 is 0 Å². The van der Waals surface area contributed by atoms with Crippen LogP contribution < -0.4 is 5.32 Å². The molecule has 0 bridgehead atoms. The third-order valence-electron chi connectivity index (χ3n) is 5.11. The maximum atomic E-state index is 12.2. The van der Waals surface area contributed by atoms with Crippen molar-refractivity contribution in [1.82, 2.24) is 25.2 Å². The van der Waals surface area contributed by atoms with Crippen LogP contribution in [0.5, 0.6) is 0 Å². The molecule has 4 rings (SSSR count). The summed E-state index contributed by atoms with van der Waals surface area (Å²) in [4.78, 5) is 26.1. The van der Waals surface area contributed by atoms with Gasteiger partial charge in [-0.2, -0.15) is 0 Å². The molecule has 1 fully saturated rings. The van der Waals surface area contributed by atoms with E-state index < -0.39 is 0 Å². The molecule has 0 saturated carbocycles. The first-order chi connectivity index (χ1) is 13.7. The normalized spacial score (nSPS) is 16.6. The van der Waals surface area contributed by atoms with Crippen molar-refractivity contribution in [2.45, 2.75) is 25.3 Å². The number of aromatic nitrogens is 3. The lowest BCUT2D eigenvalue weighted by Gasteiger charge is -2.16. The van der Waals surface area contributed by atoms with Crippen LogP contribution in [0.4, 0.5) is 0 Å². The number of fused-ring (bicyclic) bond motifs is 1. The molecule has 1 unspecified atom stereocenters. The highest BCUT2D eigenvalue weighted by atomic mass is 16.2. The zero-order valence-electron chi connectivity index (χ0n) is 15.6. The highest BCUT2D eigenvalue weighted by molar-refractivity contribution is 5.86. The molecule has 1 saturated heterocycles. The minimum atomic E-state index is -0.120. The minimum Gasteiger partial charge on any atom is -0.354 e. The largest absolute Gasteiger partial charge is 0.354 e. The molecule has 7 heteroatoms. The molecule has 1 N–H and O–H groups in total. The maximum absolute atomic E-state index is 12.2. The van der Waals surface area contributed by atoms with Crippen LogP contribution in [-0.2, 0) is 16.1 Å². The van der Waals surface area contributed by atoms with E-state index in [0.29, 0.717) is 26.1 Å². The second-order valence-electron chi connectivity index (χ2n) is 7.09. The number of carbonyl (C=O) groups excluding carboxylic acids is 2. The van der Waals surface area contributed by atoms with E-state index >= 15 is 0 Å². The Morgan fingerprint density at radius 3 is 2.75 bits per heavy atom. The van der Waals surface area contributed by atoms with E-state index in [4.69, 9.17) is 0 Å². The van der Waals surface area contributed by atoms with Gasteiger partial charge in [0.2, 0.25) is 11.8 Å². The van der Waals surface area contributed by atoms with Crippen molar-refractivity contribution < 1.29 is 9.59 Å². The van der Waals surface area contributed by atoms with Gasteiger partial charge in [0.1, 0.15) is 5.52 Å². The monoisotopic (exact) mass is 377 g/mol. The number of likely N-dealkylation sites (tertiary alicyclic amines) is 1. The highest BCUT2D eigenvalue weighted by Gasteiger charge is 2.31. The van der Waals surface area contributed by atoms with Crippen molar-refractivity contribution in [1.29, 1.82) is 0 Å². The fourth-order valence-electron chi connectivity index (χ4n) is 3.64. The van der Waals surface area contributed by atoms with Gasteiger partial charge in [-0.05, 0) is 24.1 Å². The van der Waals surface area contributed by atoms with Crippen molar-refractivity contribution in [3.63, 3.8) is 0 Å². The van der Waals surface area contributed by atoms with Crippen molar-refractivity contribution in [3.8, 4) is 0 Å². The fourth-order valence-corrected chi connectivity index (χ4v) is 3.64. The summed E-state index contributed by atoms with van der Waals surface area (Å²) in [5.74, 6) is 0.0886. The van der Waals surface area contributed by atoms with Crippen LogP contribution in [0.15, 0.2) is 54.6 Å². The molecule has 1 aliphatic heterocycles. The predicted molar refractivity (Wildman–Crippen MR) is 106 cm³/mol. The molecule has 0 spiro atoms. The number of carbonyl (C=O) groups is 2. The van der Waals surface area contributed by atoms with E-state index in [0.717, 1.165) is 23.0 Å². The summed E-state index contributed by atoms with van der Waals surface area (Å²) < 4.78 is 1.84. The number of nitrogens with one attached hydrogen (secondary N) is 1. The van der Waals surface area contributed by atoms with Crippen LogP contribution in [0.1, 0.15) is 24.3 Å². The third kappa shape index (κ3) is 4.03. The Kier molecular flexibility index (Phi) is 5.32. The van der Waals surface area contributed by atoms with Crippen molar-refractivity contribution >= 4 is 22.8 Å². The molecule has 2 heterocycles. The maximum Gasteiger partial charge on any atom is 0.239 e. The van der Waals surface area contributed by atoms with Crippen LogP contribution in [0.25, 0.3) is 11.0 Å². The highest BCUT2D eigenvalue weighted by Crippen LogP contribution is 2.27. The summed E-state index contributed by atoms with van der Waals surface area (Å²) >= 11 is 0. The number of para-hydroxylation sites is 1. The van der Waals surface area contributed by atoms with Crippen LogP contribution in [0.3, 0.4) is 0 Å². The second kappa shape index (κ2) is 8.21. The van der Waals surface area contributed by atoms with Gasteiger partial charge in [-0.25, -0.2) is 4.68 Å². The number of amides is 2. The summed E-state index contributed by atoms with van der Waals surface area (Å²) in [5.41, 5.74) is 3.01. The topological polar surface area (TPSA) is 80.1 Å². The Balaban J connectivity index is 1.22. The Morgan fingerprint density at radius 1 is 1.11 bits per heavy atom. The first-order valence-corrected chi connectivity index (χ1v) is 9.58. The molecule has 0 aliphatic carbocycles. The van der Waals surface area contributed by atoms with E-state index in [2.05, 4.69) is 15.6 Å². The van der Waals surface area contributed by atoms with Crippen molar-refractivity contribution in [3.05, 3.63) is 60.2 Å². The smallest absolute Gasteiger partial charge is 0.239 e. The quantitative estimate of drug-likeness (QED) is 0.638. The number of benzene rings is 2. The fraction of sp³-hybridized carbons (Fsp3) is 0.333. The minimum absolute atomic E-state index is 0.0399. The van der Waals surface area contributed by atoms with E-state index in [-0.39, 0.29) is 24.3 Å². The first-order valence-electron chi connectivity index (χ1n) is 9.58. The number of nitrogens with zero attached hydrogens (tertiary/aromatic N) is 4. The standard InChI is InChI=1S/C21H23N5O2/c27-20(15-25-14-17(13-21(25)28)16-7-2-1-3-8-16)22-11-6-12-26-19-10-5-4-9-18(19)23-24-26/h1-5,7-10,17H,6,11-15H2,(H,22,27). The van der Waals surface area contributed by atoms with E-state index in [1.165, 1.54) is 0 Å². The number of hydrogen-bond donors (Lipinski definition) is 1. The average Bonchev–Trinajstić information content (AvgIpc) is 3.30. The predicted octanol–water partition coefficient (Wildman–Crippen LogP) is 1.95. The molecule has 0 radical (unpaired) electrons. The van der Waals surface area contributed by atoms with E-state index in [1.807, 2.05) is 59.3 Å². The molecule has 1 aliphatic rings. The molecule has 3 aromatic rings. The number of aryl methyl sites for hydroxylation is 1. The Morgan fingerprint density at radius 2 is 1.89 bits per heavy atom. The van der Waals surface area contributed by atoms with Gasteiger partial charge < -0.3 is 10.2 Å². The van der Waals surface area contributed by atoms with Crippen molar-refractivity contribution in [2.24, 2.45) is 0 Å². The number of rotatable bonds is 7. The Bertz CT molecular complexity index is 969. The molecule has 7 nitrogen and oxygen atoms in total. The van der Waals surface area contributed by atoms with Crippen molar-refractivity contribution in [2.75, 3.05) is 19.6 Å². The zero-order chi connectivity index (χ0) is 19.3. The summed E-state index contributed by atoms with van der Waals surface area (Å²) in [6, 6.07) is 17.8. The van der Waals surface area contributed by atoms with Gasteiger partial charge in [-0.15, -0.1) is 5.10 Å². The zero-order valence-corrected chi connectivity index (χ0v) is 15.6. The van der Waals surface area contributed by atoms with Gasteiger partial charge in [0.15, 0.2) is 0 Å².